The second-order valence-electron chi connectivity index (χ2n) is 17.6. The number of aliphatic carboxylic acids is 1. The Morgan fingerprint density at radius 1 is 0.744 bits per heavy atom. The first-order chi connectivity index (χ1) is 37.5. The lowest BCUT2D eigenvalue weighted by Gasteiger charge is -2.14. The van der Waals surface area contributed by atoms with Crippen molar-refractivity contribution in [2.75, 3.05) is 72.5 Å². The number of benzene rings is 5. The number of alkyl halides is 3. The molecule has 404 valence electrons. The van der Waals surface area contributed by atoms with Gasteiger partial charge in [-0.3, -0.25) is 19.6 Å². The molecule has 2 unspecified atom stereocenters. The number of halogens is 3. The Labute approximate surface area is 448 Å². The summed E-state index contributed by atoms with van der Waals surface area (Å²) in [6, 6.07) is 31.9. The fourth-order valence-corrected chi connectivity index (χ4v) is 8.99. The third kappa shape index (κ3) is 15.0. The summed E-state index contributed by atoms with van der Waals surface area (Å²) in [5, 5.41) is 42.1. The van der Waals surface area contributed by atoms with Crippen molar-refractivity contribution >= 4 is 93.6 Å². The van der Waals surface area contributed by atoms with E-state index < -0.39 is 41.9 Å². The van der Waals surface area contributed by atoms with Gasteiger partial charge in [-0.1, -0.05) is 36.0 Å². The number of esters is 1. The van der Waals surface area contributed by atoms with E-state index in [2.05, 4.69) is 52.5 Å². The maximum Gasteiger partial charge on any atom is 0.490 e. The number of thioether (sulfide) groups is 1. The van der Waals surface area contributed by atoms with Gasteiger partial charge in [0.15, 0.2) is 11.5 Å². The standard InChI is InChI=1S/C52H50N10O8S.C2HF3O2/c1-2-69-50(66)44-45(64)43(71-49(44)58-36-6-4-3-5-7-36)23-30-8-17-42(41(63)22-30)70-29-35-24-34(35)28-57-48(65)33-25-39(61-51(67)59-37-13-9-31(10-14-37)46-53-18-19-54-46)27-40(26-33)62-52(68)60-38-15-11-32(12-16-38)47-55-20-21-56-47;3-2(4,5)1(6)7/h3-17,22-23,25-27,34-35,58,63H,2,18-21,24,28-29H2,1H3,(H,53,54)(H,55,56)(H,57,65)(H2,59,61,67)(H2,60,62,68);(H,6,7)/b43-23-;. The van der Waals surface area contributed by atoms with Crippen LogP contribution in [-0.4, -0.2) is 110 Å². The highest BCUT2D eigenvalue weighted by atomic mass is 32.2. The number of carboxylic acids is 1. The topological polar surface area (TPSA) is 282 Å². The monoisotopic (exact) mass is 1090 g/mol. The molecule has 5 aromatic carbocycles. The zero-order valence-electron chi connectivity index (χ0n) is 41.5. The average Bonchev–Trinajstić information content (AvgIpc) is 3.80. The predicted molar refractivity (Wildman–Crippen MR) is 289 cm³/mol. The minimum absolute atomic E-state index is 0.0867. The van der Waals surface area contributed by atoms with E-state index >= 15 is 0 Å². The number of aliphatic imine (C=N–C) groups is 2. The van der Waals surface area contributed by atoms with Crippen LogP contribution < -0.4 is 47.3 Å². The van der Waals surface area contributed by atoms with Crippen LogP contribution in [0.2, 0.25) is 0 Å². The molecule has 5 aromatic rings. The number of rotatable bonds is 17. The number of aromatic hydroxyl groups is 1. The van der Waals surface area contributed by atoms with E-state index in [1.807, 2.05) is 54.6 Å². The molecule has 9 rings (SSSR count). The predicted octanol–water partition coefficient (Wildman–Crippen LogP) is 8.00. The van der Waals surface area contributed by atoms with Crippen LogP contribution in [0, 0.1) is 11.8 Å². The molecule has 10 N–H and O–H groups in total. The number of hydrogen-bond acceptors (Lipinski definition) is 15. The van der Waals surface area contributed by atoms with Gasteiger partial charge >= 0.3 is 30.2 Å². The number of phenols is 1. The van der Waals surface area contributed by atoms with Crippen LogP contribution in [0.4, 0.5) is 51.2 Å². The van der Waals surface area contributed by atoms with Crippen molar-refractivity contribution in [1.29, 1.82) is 0 Å². The van der Waals surface area contributed by atoms with Gasteiger partial charge in [-0.15, -0.1) is 0 Å². The molecular weight excluding hydrogens is 1040 g/mol. The quantitative estimate of drug-likeness (QED) is 0.0240. The lowest BCUT2D eigenvalue weighted by molar-refractivity contribution is -0.192. The number of ether oxygens (including phenoxy) is 2. The molecule has 0 spiro atoms. The first kappa shape index (κ1) is 54.9. The van der Waals surface area contributed by atoms with Crippen LogP contribution in [0.15, 0.2) is 141 Å². The number of amidine groups is 2. The first-order valence-electron chi connectivity index (χ1n) is 24.3. The van der Waals surface area contributed by atoms with Crippen LogP contribution in [0.3, 0.4) is 0 Å². The zero-order valence-corrected chi connectivity index (χ0v) is 42.3. The van der Waals surface area contributed by atoms with Gasteiger partial charge in [-0.25, -0.2) is 19.2 Å². The first-order valence-corrected chi connectivity index (χ1v) is 25.1. The number of ketones is 1. The lowest BCUT2D eigenvalue weighted by atomic mass is 10.1. The van der Waals surface area contributed by atoms with Crippen molar-refractivity contribution in [3.8, 4) is 11.5 Å². The van der Waals surface area contributed by atoms with Crippen LogP contribution in [0.25, 0.3) is 6.08 Å². The van der Waals surface area contributed by atoms with E-state index in [1.54, 1.807) is 55.5 Å². The number of urea groups is 2. The number of anilines is 5. The Hall–Kier alpha value is -9.32. The normalized spacial score (nSPS) is 16.8. The van der Waals surface area contributed by atoms with Crippen molar-refractivity contribution in [2.24, 2.45) is 21.8 Å². The van der Waals surface area contributed by atoms with Crippen molar-refractivity contribution in [3.63, 3.8) is 0 Å². The summed E-state index contributed by atoms with van der Waals surface area (Å²) in [5.41, 5.74) is 4.75. The highest BCUT2D eigenvalue weighted by molar-refractivity contribution is 8.08. The highest BCUT2D eigenvalue weighted by Crippen LogP contribution is 2.42. The molecule has 78 heavy (non-hydrogen) atoms. The molecule has 3 heterocycles. The second kappa shape index (κ2) is 25.0. The van der Waals surface area contributed by atoms with E-state index in [-0.39, 0.29) is 64.0 Å². The molecule has 1 aliphatic carbocycles. The van der Waals surface area contributed by atoms with Crippen molar-refractivity contribution in [1.82, 2.24) is 16.0 Å². The Morgan fingerprint density at radius 3 is 1.82 bits per heavy atom. The van der Waals surface area contributed by atoms with Gasteiger partial charge < -0.3 is 62.2 Å². The smallest absolute Gasteiger partial charge is 0.490 e. The molecule has 20 nitrogen and oxygen atoms in total. The maximum atomic E-state index is 13.7. The second-order valence-corrected chi connectivity index (χ2v) is 18.6. The van der Waals surface area contributed by atoms with Gasteiger partial charge in [-0.2, -0.15) is 13.2 Å². The largest absolute Gasteiger partial charge is 0.504 e. The Morgan fingerprint density at radius 2 is 1.31 bits per heavy atom. The van der Waals surface area contributed by atoms with E-state index in [9.17, 15) is 42.3 Å². The number of amides is 5. The molecule has 1 saturated carbocycles. The molecule has 0 bridgehead atoms. The van der Waals surface area contributed by atoms with Crippen LogP contribution >= 0.6 is 11.8 Å². The fraction of sp³-hybridized carbons (Fsp3) is 0.222. The number of hydrogen-bond donors (Lipinski definition) is 10. The fourth-order valence-electron chi connectivity index (χ4n) is 7.94. The van der Waals surface area contributed by atoms with Crippen molar-refractivity contribution in [3.05, 3.63) is 153 Å². The van der Waals surface area contributed by atoms with Crippen molar-refractivity contribution < 1.29 is 61.6 Å². The summed E-state index contributed by atoms with van der Waals surface area (Å²) >= 11 is 1.11. The van der Waals surface area contributed by atoms with E-state index in [1.165, 1.54) is 18.2 Å². The number of phenolic OH excluding ortho intramolecular Hbond substituents is 1. The number of carbonyl (C=O) groups is 6. The third-order valence-corrected chi connectivity index (χ3v) is 12.9. The SMILES string of the molecule is CCOC(=O)C1=C(Nc2ccccc2)S/C(=C\c2ccc(OCC3CC3CNC(=O)c3cc(NC(=O)Nc4ccc(C5=NCCN5)cc4)cc(NC(=O)Nc4ccc(C5=NCCN5)cc4)c3)c(O)c2)C1=O.O=C(O)C(F)(F)F. The molecular formula is C54H51F3N10O10S. The van der Waals surface area contributed by atoms with Crippen molar-refractivity contribution in [2.45, 2.75) is 19.5 Å². The Kier molecular flexibility index (Phi) is 17.6. The summed E-state index contributed by atoms with van der Waals surface area (Å²) in [7, 11) is 0. The summed E-state index contributed by atoms with van der Waals surface area (Å²) in [4.78, 5) is 84.4. The minimum Gasteiger partial charge on any atom is -0.504 e. The van der Waals surface area contributed by atoms with Gasteiger partial charge in [0.05, 0.1) is 36.2 Å². The maximum absolute atomic E-state index is 13.7. The van der Waals surface area contributed by atoms with Crippen LogP contribution in [0.5, 0.6) is 11.5 Å². The molecule has 0 radical (unpaired) electrons. The number of nitrogens with one attached hydrogen (secondary N) is 8. The molecule has 3 aliphatic heterocycles. The minimum atomic E-state index is -5.08. The Bertz CT molecular complexity index is 3120. The molecule has 0 saturated heterocycles. The number of para-hydroxylation sites is 1. The molecule has 1 fully saturated rings. The van der Waals surface area contributed by atoms with E-state index in [0.29, 0.717) is 47.3 Å². The molecule has 4 aliphatic rings. The summed E-state index contributed by atoms with van der Waals surface area (Å²) in [6.07, 6.45) is -2.72. The average molecular weight is 1090 g/mol. The molecule has 2 atom stereocenters. The zero-order chi connectivity index (χ0) is 55.3. The summed E-state index contributed by atoms with van der Waals surface area (Å²) < 4.78 is 42.9. The van der Waals surface area contributed by atoms with Gasteiger partial charge in [0.25, 0.3) is 5.91 Å². The Balaban J connectivity index is 0.00000107. The number of carbonyl (C=O) groups excluding carboxylic acids is 5. The number of nitrogens with zero attached hydrogens (tertiary/aromatic N) is 2. The number of allylic oxidation sites excluding steroid dienone is 1. The molecule has 5 amide bonds. The third-order valence-electron chi connectivity index (χ3n) is 11.9. The summed E-state index contributed by atoms with van der Waals surface area (Å²) in [5.74, 6) is -2.47. The van der Waals surface area contributed by atoms with Gasteiger partial charge in [0.2, 0.25) is 5.78 Å². The number of carboxylic acid groups (broad SMARTS) is 1. The molecule has 0 aromatic heterocycles. The summed E-state index contributed by atoms with van der Waals surface area (Å²) in [6.45, 7) is 5.36. The van der Waals surface area contributed by atoms with Gasteiger partial charge in [0, 0.05) is 64.8 Å². The number of Topliss-reactive ketones (excluding diaryl/α,β-unsaturated/α-hetero) is 1. The van der Waals surface area contributed by atoms with Gasteiger partial charge in [0.1, 0.15) is 17.2 Å². The van der Waals surface area contributed by atoms with Crippen LogP contribution in [-0.2, 0) is 19.1 Å². The molecule has 24 heteroatoms. The van der Waals surface area contributed by atoms with E-state index in [4.69, 9.17) is 19.4 Å². The highest BCUT2D eigenvalue weighted by Gasteiger charge is 2.39. The lowest BCUT2D eigenvalue weighted by Crippen LogP contribution is -2.27. The van der Waals surface area contributed by atoms with Crippen LogP contribution in [0.1, 0.15) is 40.4 Å². The van der Waals surface area contributed by atoms with Gasteiger partial charge in [-0.05, 0) is 128 Å². The van der Waals surface area contributed by atoms with E-state index in [0.717, 1.165) is 54.1 Å².